The van der Waals surface area contributed by atoms with Crippen LogP contribution in [0.25, 0.3) is 0 Å². The van der Waals surface area contributed by atoms with Gasteiger partial charge in [-0.25, -0.2) is 9.18 Å². The molecule has 0 saturated carbocycles. The molecule has 0 radical (unpaired) electrons. The number of fused-ring (bicyclic) bond motifs is 2. The molecule has 2 aliphatic rings. The van der Waals surface area contributed by atoms with E-state index in [1.54, 1.807) is 43.3 Å². The van der Waals surface area contributed by atoms with Crippen molar-refractivity contribution in [1.29, 1.82) is 0 Å². The maximum Gasteiger partial charge on any atom is 0.350 e. The monoisotopic (exact) mass is 670 g/mol. The molecule has 45 heavy (non-hydrogen) atoms. The minimum atomic E-state index is -1.33. The third-order valence-electron chi connectivity index (χ3n) is 8.91. The highest BCUT2D eigenvalue weighted by atomic mass is 35.5. The smallest absolute Gasteiger partial charge is 0.350 e. The number of anilines is 1. The molecule has 2 N–H and O–H groups in total. The first-order valence-corrected chi connectivity index (χ1v) is 16.5. The number of carbonyl (C=O) groups excluding carboxylic acids is 2. The lowest BCUT2D eigenvalue weighted by atomic mass is 9.59. The molecule has 1 amide bonds. The molecule has 2 aliphatic heterocycles. The molecule has 1 fully saturated rings. The van der Waals surface area contributed by atoms with Crippen molar-refractivity contribution in [3.8, 4) is 5.75 Å². The molecule has 238 valence electrons. The number of aryl methyl sites for hydroxylation is 1. The van der Waals surface area contributed by atoms with E-state index < -0.39 is 34.8 Å². The predicted octanol–water partition coefficient (Wildman–Crippen LogP) is 8.76. The Morgan fingerprint density at radius 2 is 1.71 bits per heavy atom. The summed E-state index contributed by atoms with van der Waals surface area (Å²) in [5.74, 6) is -1.37. The Labute approximate surface area is 279 Å². The first kappa shape index (κ1) is 33.2. The number of hydrogen-bond donors (Lipinski definition) is 2. The van der Waals surface area contributed by atoms with Gasteiger partial charge in [0.25, 0.3) is 0 Å². The summed E-state index contributed by atoms with van der Waals surface area (Å²) in [5, 5.41) is 7.35. The van der Waals surface area contributed by atoms with Crippen molar-refractivity contribution in [2.24, 2.45) is 0 Å². The number of rotatable bonds is 10. The van der Waals surface area contributed by atoms with E-state index in [1.807, 2.05) is 26.8 Å². The molecular formula is C35H37Cl2FN2O4S. The van der Waals surface area contributed by atoms with Crippen LogP contribution in [-0.2, 0) is 19.7 Å². The fourth-order valence-corrected chi connectivity index (χ4v) is 7.72. The summed E-state index contributed by atoms with van der Waals surface area (Å²) in [4.78, 5) is 28.6. The summed E-state index contributed by atoms with van der Waals surface area (Å²) >= 11 is 18.9. The number of nitrogens with one attached hydrogen (secondary N) is 2. The third-order valence-corrected chi connectivity index (χ3v) is 9.67. The summed E-state index contributed by atoms with van der Waals surface area (Å²) in [6.45, 7) is 7.85. The molecule has 0 unspecified atom stereocenters. The van der Waals surface area contributed by atoms with E-state index in [4.69, 9.17) is 44.9 Å². The Bertz CT molecular complexity index is 1640. The minimum absolute atomic E-state index is 0.213. The molecule has 6 nitrogen and oxygen atoms in total. The third kappa shape index (κ3) is 5.93. The Hall–Kier alpha value is -3.20. The summed E-state index contributed by atoms with van der Waals surface area (Å²) in [6, 6.07) is 14.3. The van der Waals surface area contributed by atoms with Crippen LogP contribution in [-0.4, -0.2) is 29.1 Å². The van der Waals surface area contributed by atoms with Gasteiger partial charge >= 0.3 is 5.97 Å². The SMILES string of the molecule is CCCC(CCC)(Oc1ccc(Cl)cc1[C@H]1CC(=S)N[C@@H](c2cc(F)ccc2C)[C@]12C(=O)Nc1cc(Cl)ccc12)C(=O)OCC. The molecule has 0 aliphatic carbocycles. The van der Waals surface area contributed by atoms with Gasteiger partial charge in [0.1, 0.15) is 17.0 Å². The van der Waals surface area contributed by atoms with E-state index in [0.717, 1.165) is 5.56 Å². The summed E-state index contributed by atoms with van der Waals surface area (Å²) in [7, 11) is 0. The number of piperidine rings is 1. The number of carbonyl (C=O) groups is 2. The molecule has 3 atom stereocenters. The van der Waals surface area contributed by atoms with Crippen LogP contribution in [0.5, 0.6) is 5.75 Å². The normalized spacial score (nSPS) is 20.9. The summed E-state index contributed by atoms with van der Waals surface area (Å²) in [5.41, 5.74) is 0.688. The average Bonchev–Trinajstić information content (AvgIpc) is 3.27. The standard InChI is InChI=1S/C35H37Cl2FN2O4S/c1-5-14-34(15-6-2,33(42)43-7-3)44-29-13-10-21(36)16-25(29)27-19-30(45)40-31(24-18-23(38)11-8-20(24)4)35(27)26-12-9-22(37)17-28(26)39-32(35)41/h8-13,16-18,27,31H,5-7,14-15,19H2,1-4H3,(H,39,41)(H,40,45)/t27-,31+,35-/m1/s1. The van der Waals surface area contributed by atoms with Gasteiger partial charge in [0.15, 0.2) is 0 Å². The fraction of sp³-hybridized carbons (Fsp3) is 0.400. The van der Waals surface area contributed by atoms with Gasteiger partial charge in [0, 0.05) is 33.6 Å². The van der Waals surface area contributed by atoms with Crippen LogP contribution in [0, 0.1) is 12.7 Å². The Balaban J connectivity index is 1.79. The van der Waals surface area contributed by atoms with Crippen molar-refractivity contribution in [2.45, 2.75) is 82.8 Å². The molecule has 2 heterocycles. The molecule has 0 bridgehead atoms. The lowest BCUT2D eigenvalue weighted by Gasteiger charge is -2.48. The number of esters is 1. The maximum absolute atomic E-state index is 14.9. The van der Waals surface area contributed by atoms with Gasteiger partial charge in [-0.2, -0.15) is 0 Å². The molecule has 10 heteroatoms. The van der Waals surface area contributed by atoms with Gasteiger partial charge < -0.3 is 20.1 Å². The number of ether oxygens (including phenoxy) is 2. The van der Waals surface area contributed by atoms with Crippen LogP contribution in [0.1, 0.15) is 87.1 Å². The number of amides is 1. The molecule has 3 aromatic carbocycles. The largest absolute Gasteiger partial charge is 0.475 e. The highest BCUT2D eigenvalue weighted by molar-refractivity contribution is 7.80. The molecule has 5 rings (SSSR count). The Morgan fingerprint density at radius 3 is 2.40 bits per heavy atom. The van der Waals surface area contributed by atoms with Gasteiger partial charge in [-0.05, 0) is 85.8 Å². The highest BCUT2D eigenvalue weighted by Crippen LogP contribution is 2.59. The molecule has 0 aromatic heterocycles. The van der Waals surface area contributed by atoms with Crippen molar-refractivity contribution in [2.75, 3.05) is 11.9 Å². The van der Waals surface area contributed by atoms with Crippen LogP contribution < -0.4 is 15.4 Å². The quantitative estimate of drug-likeness (QED) is 0.166. The topological polar surface area (TPSA) is 76.7 Å². The second-order valence-electron chi connectivity index (χ2n) is 11.8. The van der Waals surface area contributed by atoms with Crippen molar-refractivity contribution >= 4 is 58.0 Å². The molecular weight excluding hydrogens is 634 g/mol. The van der Waals surface area contributed by atoms with Crippen LogP contribution in [0.3, 0.4) is 0 Å². The van der Waals surface area contributed by atoms with Crippen molar-refractivity contribution in [3.05, 3.63) is 92.7 Å². The van der Waals surface area contributed by atoms with Crippen LogP contribution in [0.2, 0.25) is 10.0 Å². The average molecular weight is 672 g/mol. The zero-order chi connectivity index (χ0) is 32.5. The van der Waals surface area contributed by atoms with Gasteiger partial charge in [-0.3, -0.25) is 4.79 Å². The lowest BCUT2D eigenvalue weighted by Crippen LogP contribution is -2.56. The summed E-state index contributed by atoms with van der Waals surface area (Å²) < 4.78 is 27.2. The second kappa shape index (κ2) is 13.3. The van der Waals surface area contributed by atoms with Gasteiger partial charge in [-0.1, -0.05) is 74.2 Å². The van der Waals surface area contributed by atoms with Crippen molar-refractivity contribution < 1.29 is 23.5 Å². The zero-order valence-electron chi connectivity index (χ0n) is 25.8. The minimum Gasteiger partial charge on any atom is -0.475 e. The number of thiocarbonyl (C=S) groups is 1. The predicted molar refractivity (Wildman–Crippen MR) is 180 cm³/mol. The van der Waals surface area contributed by atoms with Crippen LogP contribution >= 0.6 is 35.4 Å². The van der Waals surface area contributed by atoms with Crippen LogP contribution in [0.4, 0.5) is 10.1 Å². The molecule has 1 saturated heterocycles. The first-order valence-electron chi connectivity index (χ1n) is 15.3. The van der Waals surface area contributed by atoms with Gasteiger partial charge in [-0.15, -0.1) is 0 Å². The van der Waals surface area contributed by atoms with E-state index >= 15 is 0 Å². The van der Waals surface area contributed by atoms with Crippen LogP contribution in [0.15, 0.2) is 54.6 Å². The lowest BCUT2D eigenvalue weighted by molar-refractivity contribution is -0.163. The van der Waals surface area contributed by atoms with Crippen molar-refractivity contribution in [3.63, 3.8) is 0 Å². The second-order valence-corrected chi connectivity index (χ2v) is 13.1. The molecule has 3 aromatic rings. The van der Waals surface area contributed by atoms with Gasteiger partial charge in [0.2, 0.25) is 11.5 Å². The molecule has 1 spiro atoms. The van der Waals surface area contributed by atoms with E-state index in [2.05, 4.69) is 10.6 Å². The zero-order valence-corrected chi connectivity index (χ0v) is 28.1. The first-order chi connectivity index (χ1) is 21.5. The van der Waals surface area contributed by atoms with E-state index in [1.165, 1.54) is 12.1 Å². The van der Waals surface area contributed by atoms with E-state index in [9.17, 15) is 14.0 Å². The Morgan fingerprint density at radius 1 is 1.02 bits per heavy atom. The van der Waals surface area contributed by atoms with E-state index in [0.29, 0.717) is 68.8 Å². The van der Waals surface area contributed by atoms with Crippen molar-refractivity contribution in [1.82, 2.24) is 5.32 Å². The maximum atomic E-state index is 14.9. The van der Waals surface area contributed by atoms with Gasteiger partial charge in [0.05, 0.1) is 17.6 Å². The number of benzene rings is 3. The highest BCUT2D eigenvalue weighted by Gasteiger charge is 2.61. The Kier molecular flexibility index (Phi) is 9.78. The number of halogens is 3. The summed E-state index contributed by atoms with van der Waals surface area (Å²) in [6.07, 6.45) is 2.50. The fourth-order valence-electron chi connectivity index (χ4n) is 7.08. The van der Waals surface area contributed by atoms with E-state index in [-0.39, 0.29) is 18.9 Å². The number of hydrogen-bond acceptors (Lipinski definition) is 5.